The van der Waals surface area contributed by atoms with Crippen molar-refractivity contribution in [1.82, 2.24) is 0 Å². The van der Waals surface area contributed by atoms with Crippen molar-refractivity contribution in [2.24, 2.45) is 5.41 Å². The van der Waals surface area contributed by atoms with Crippen molar-refractivity contribution in [2.45, 2.75) is 31.4 Å². The molecule has 7 heteroatoms. The van der Waals surface area contributed by atoms with Gasteiger partial charge >= 0.3 is 12.1 Å². The van der Waals surface area contributed by atoms with Crippen molar-refractivity contribution in [3.05, 3.63) is 22.4 Å². The van der Waals surface area contributed by atoms with Crippen LogP contribution >= 0.6 is 24.8 Å². The van der Waals surface area contributed by atoms with Gasteiger partial charge in [-0.05, 0) is 35.2 Å². The number of alkyl halides is 3. The summed E-state index contributed by atoms with van der Waals surface area (Å²) in [7, 11) is 0. The highest BCUT2D eigenvalue weighted by Gasteiger charge is 2.67. The first kappa shape index (κ1) is 15.4. The Morgan fingerprint density at radius 3 is 2.44 bits per heavy atom. The Balaban J connectivity index is 0.00000162. The van der Waals surface area contributed by atoms with E-state index in [4.69, 9.17) is 5.11 Å². The van der Waals surface area contributed by atoms with Gasteiger partial charge in [0.25, 0.3) is 0 Å². The molecule has 0 amide bonds. The van der Waals surface area contributed by atoms with Crippen molar-refractivity contribution in [1.29, 1.82) is 0 Å². The Labute approximate surface area is 113 Å². The third-order valence-corrected chi connectivity index (χ3v) is 4.05. The monoisotopic (exact) mass is 298 g/mol. The van der Waals surface area contributed by atoms with Gasteiger partial charge in [0.1, 0.15) is 0 Å². The number of carboxylic acids is 1. The summed E-state index contributed by atoms with van der Waals surface area (Å²) >= 11 is 1.29. The lowest BCUT2D eigenvalue weighted by molar-refractivity contribution is -0.195. The van der Waals surface area contributed by atoms with E-state index in [0.717, 1.165) is 0 Å². The SMILES string of the molecule is O=C(O)C[C@H](c1ccsc1)C1(C(F)(F)F)CC1.S. The van der Waals surface area contributed by atoms with Crippen LogP contribution in [0, 0.1) is 5.41 Å². The highest BCUT2D eigenvalue weighted by Crippen LogP contribution is 2.66. The molecule has 1 saturated carbocycles. The number of halogens is 3. The molecule has 0 aromatic carbocycles. The third-order valence-electron chi connectivity index (χ3n) is 3.34. The second-order valence-electron chi connectivity index (χ2n) is 4.36. The predicted molar refractivity (Wildman–Crippen MR) is 67.4 cm³/mol. The number of carbonyl (C=O) groups is 1. The average molecular weight is 298 g/mol. The van der Waals surface area contributed by atoms with Crippen LogP contribution in [-0.2, 0) is 4.79 Å². The lowest BCUT2D eigenvalue weighted by Gasteiger charge is -2.27. The quantitative estimate of drug-likeness (QED) is 0.919. The van der Waals surface area contributed by atoms with Gasteiger partial charge in [0.05, 0.1) is 11.8 Å². The minimum Gasteiger partial charge on any atom is -0.481 e. The van der Waals surface area contributed by atoms with Gasteiger partial charge in [-0.1, -0.05) is 0 Å². The number of hydrogen-bond acceptors (Lipinski definition) is 2. The first-order chi connectivity index (χ1) is 7.87. The smallest absolute Gasteiger partial charge is 0.395 e. The number of aliphatic carboxylic acids is 1. The molecule has 1 aromatic heterocycles. The molecule has 1 N–H and O–H groups in total. The number of rotatable bonds is 4. The van der Waals surface area contributed by atoms with Crippen LogP contribution in [0.1, 0.15) is 30.7 Å². The minimum atomic E-state index is -4.32. The molecule has 102 valence electrons. The summed E-state index contributed by atoms with van der Waals surface area (Å²) < 4.78 is 39.0. The summed E-state index contributed by atoms with van der Waals surface area (Å²) in [5, 5.41) is 12.1. The summed E-state index contributed by atoms with van der Waals surface area (Å²) in [6.45, 7) is 0. The number of hydrogen-bond donors (Lipinski definition) is 1. The standard InChI is InChI=1S/C11H11F3O2S.H2S/c12-11(13,14)10(2-3-10)8(5-9(15)16)7-1-4-17-6-7;/h1,4,6,8H,2-3,5H2,(H,15,16);1H2/t8-;/m1./s1. The van der Waals surface area contributed by atoms with Gasteiger partial charge < -0.3 is 5.11 Å². The van der Waals surface area contributed by atoms with Gasteiger partial charge in [-0.3, -0.25) is 4.79 Å². The summed E-state index contributed by atoms with van der Waals surface area (Å²) in [5.41, 5.74) is -1.32. The van der Waals surface area contributed by atoms with Crippen LogP contribution in [0.5, 0.6) is 0 Å². The number of thiophene rings is 1. The molecular weight excluding hydrogens is 285 g/mol. The molecule has 1 fully saturated rings. The molecule has 1 aliphatic rings. The molecule has 1 atom stereocenters. The zero-order valence-electron chi connectivity index (χ0n) is 9.33. The van der Waals surface area contributed by atoms with Crippen molar-refractivity contribution in [3.8, 4) is 0 Å². The maximum Gasteiger partial charge on any atom is 0.395 e. The molecule has 1 aromatic rings. The minimum absolute atomic E-state index is 0. The van der Waals surface area contributed by atoms with E-state index in [1.54, 1.807) is 16.8 Å². The number of carboxylic acid groups (broad SMARTS) is 1. The van der Waals surface area contributed by atoms with Gasteiger partial charge in [0, 0.05) is 5.92 Å². The first-order valence-electron chi connectivity index (χ1n) is 5.17. The zero-order valence-corrected chi connectivity index (χ0v) is 11.1. The van der Waals surface area contributed by atoms with Crippen LogP contribution in [0.15, 0.2) is 16.8 Å². The van der Waals surface area contributed by atoms with Crippen molar-refractivity contribution < 1.29 is 23.1 Å². The van der Waals surface area contributed by atoms with E-state index in [2.05, 4.69) is 0 Å². The molecule has 0 bridgehead atoms. The Hall–Kier alpha value is -0.690. The second-order valence-corrected chi connectivity index (χ2v) is 5.14. The Bertz CT molecular complexity index is 410. The van der Waals surface area contributed by atoms with Gasteiger partial charge in [-0.25, -0.2) is 0 Å². The molecule has 0 saturated heterocycles. The van der Waals surface area contributed by atoms with Gasteiger partial charge in [0.15, 0.2) is 0 Å². The average Bonchev–Trinajstić information content (AvgIpc) is 2.83. The molecule has 0 spiro atoms. The normalized spacial score (nSPS) is 18.8. The first-order valence-corrected chi connectivity index (χ1v) is 6.12. The van der Waals surface area contributed by atoms with Gasteiger partial charge in [0.2, 0.25) is 0 Å². The van der Waals surface area contributed by atoms with Gasteiger partial charge in [-0.15, -0.1) is 0 Å². The highest BCUT2D eigenvalue weighted by molar-refractivity contribution is 7.59. The van der Waals surface area contributed by atoms with E-state index in [-0.39, 0.29) is 26.3 Å². The fourth-order valence-corrected chi connectivity index (χ4v) is 2.96. The summed E-state index contributed by atoms with van der Waals surface area (Å²) in [5.74, 6) is -2.14. The van der Waals surface area contributed by atoms with Crippen LogP contribution in [0.25, 0.3) is 0 Å². The summed E-state index contributed by atoms with van der Waals surface area (Å²) in [4.78, 5) is 10.7. The van der Waals surface area contributed by atoms with Gasteiger partial charge in [-0.2, -0.15) is 38.0 Å². The highest BCUT2D eigenvalue weighted by atomic mass is 32.1. The van der Waals surface area contributed by atoms with Crippen molar-refractivity contribution >= 4 is 30.8 Å². The van der Waals surface area contributed by atoms with E-state index in [1.807, 2.05) is 0 Å². The molecular formula is C11H13F3O2S2. The molecule has 0 unspecified atom stereocenters. The van der Waals surface area contributed by atoms with E-state index >= 15 is 0 Å². The lowest BCUT2D eigenvalue weighted by Crippen LogP contribution is -2.32. The maximum atomic E-state index is 13.0. The molecule has 1 aliphatic carbocycles. The Morgan fingerprint density at radius 1 is 1.50 bits per heavy atom. The van der Waals surface area contributed by atoms with Crippen LogP contribution in [0.2, 0.25) is 0 Å². The second kappa shape index (κ2) is 5.13. The summed E-state index contributed by atoms with van der Waals surface area (Å²) in [6, 6.07) is 1.59. The fourth-order valence-electron chi connectivity index (χ4n) is 2.24. The van der Waals surface area contributed by atoms with E-state index in [1.165, 1.54) is 11.3 Å². The summed E-state index contributed by atoms with van der Waals surface area (Å²) in [6.07, 6.45) is -4.72. The van der Waals surface area contributed by atoms with Crippen LogP contribution in [0.4, 0.5) is 13.2 Å². The molecule has 18 heavy (non-hydrogen) atoms. The predicted octanol–water partition coefficient (Wildman–Crippen LogP) is 3.76. The topological polar surface area (TPSA) is 37.3 Å². The van der Waals surface area contributed by atoms with Crippen LogP contribution in [0.3, 0.4) is 0 Å². The van der Waals surface area contributed by atoms with E-state index in [0.29, 0.717) is 5.56 Å². The lowest BCUT2D eigenvalue weighted by atomic mass is 9.81. The Kier molecular flexibility index (Phi) is 4.38. The van der Waals surface area contributed by atoms with Crippen LogP contribution in [-0.4, -0.2) is 17.3 Å². The molecule has 2 nitrogen and oxygen atoms in total. The third kappa shape index (κ3) is 2.66. The van der Waals surface area contributed by atoms with E-state index < -0.39 is 29.9 Å². The maximum absolute atomic E-state index is 13.0. The van der Waals surface area contributed by atoms with Crippen molar-refractivity contribution in [2.75, 3.05) is 0 Å². The zero-order chi connectivity index (χ0) is 12.7. The van der Waals surface area contributed by atoms with E-state index in [9.17, 15) is 18.0 Å². The van der Waals surface area contributed by atoms with Crippen molar-refractivity contribution in [3.63, 3.8) is 0 Å². The molecule has 1 heterocycles. The van der Waals surface area contributed by atoms with Crippen LogP contribution < -0.4 is 0 Å². The molecule has 0 aliphatic heterocycles. The fraction of sp³-hybridized carbons (Fsp3) is 0.545. The molecule has 0 radical (unpaired) electrons. The molecule has 2 rings (SSSR count). The largest absolute Gasteiger partial charge is 0.481 e. The Morgan fingerprint density at radius 2 is 2.11 bits per heavy atom.